The molecule has 3 aromatic carbocycles. The summed E-state index contributed by atoms with van der Waals surface area (Å²) in [4.78, 5) is 5.12. The fourth-order valence-corrected chi connectivity index (χ4v) is 6.31. The standard InChI is InChI=1S/C26H29N3O3S/c1-32-22-13-11-21(12-14-22)28-15-17-29(18-16-28)26-24-10-6-5-7-20(24)19-25(26)27-33(30,31)23-8-3-2-4-9-23/h2-14,25-27H,15-19H2,1H3. The lowest BCUT2D eigenvalue weighted by atomic mass is 10.0. The van der Waals surface area contributed by atoms with Crippen molar-refractivity contribution < 1.29 is 13.2 Å². The van der Waals surface area contributed by atoms with Gasteiger partial charge in [0.2, 0.25) is 10.0 Å². The summed E-state index contributed by atoms with van der Waals surface area (Å²) in [6.07, 6.45) is 0.700. The van der Waals surface area contributed by atoms with Crippen LogP contribution in [0.5, 0.6) is 5.75 Å². The lowest BCUT2D eigenvalue weighted by molar-refractivity contribution is 0.166. The fourth-order valence-electron chi connectivity index (χ4n) is 5.05. The van der Waals surface area contributed by atoms with Crippen molar-refractivity contribution in [2.75, 3.05) is 38.2 Å². The largest absolute Gasteiger partial charge is 0.497 e. The van der Waals surface area contributed by atoms with Gasteiger partial charge in [0.15, 0.2) is 0 Å². The molecule has 2 atom stereocenters. The van der Waals surface area contributed by atoms with Crippen LogP contribution in [0.4, 0.5) is 5.69 Å². The van der Waals surface area contributed by atoms with Crippen LogP contribution in [0, 0.1) is 0 Å². The van der Waals surface area contributed by atoms with E-state index in [0.717, 1.165) is 31.9 Å². The Bertz CT molecular complexity index is 1190. The third-order valence-electron chi connectivity index (χ3n) is 6.70. The lowest BCUT2D eigenvalue weighted by Crippen LogP contribution is -2.52. The molecule has 1 saturated heterocycles. The number of hydrogen-bond acceptors (Lipinski definition) is 5. The smallest absolute Gasteiger partial charge is 0.240 e. The molecule has 1 aliphatic carbocycles. The van der Waals surface area contributed by atoms with Crippen molar-refractivity contribution in [3.8, 4) is 5.75 Å². The first-order chi connectivity index (χ1) is 16.0. The number of fused-ring (bicyclic) bond motifs is 1. The molecule has 0 radical (unpaired) electrons. The van der Waals surface area contributed by atoms with E-state index < -0.39 is 10.0 Å². The highest BCUT2D eigenvalue weighted by Crippen LogP contribution is 2.37. The van der Waals surface area contributed by atoms with Gasteiger partial charge in [-0.3, -0.25) is 4.90 Å². The van der Waals surface area contributed by atoms with Crippen LogP contribution in [0.1, 0.15) is 17.2 Å². The highest BCUT2D eigenvalue weighted by Gasteiger charge is 2.39. The van der Waals surface area contributed by atoms with Crippen molar-refractivity contribution in [2.24, 2.45) is 0 Å². The SMILES string of the molecule is COc1ccc(N2CCN(C3c4ccccc4CC3NS(=O)(=O)c3ccccc3)CC2)cc1. The van der Waals surface area contributed by atoms with E-state index in [1.54, 1.807) is 31.4 Å². The molecule has 0 aromatic heterocycles. The first-order valence-electron chi connectivity index (χ1n) is 11.3. The normalized spacial score (nSPS) is 21.1. The molecule has 0 bridgehead atoms. The molecule has 6 nitrogen and oxygen atoms in total. The van der Waals surface area contributed by atoms with E-state index in [4.69, 9.17) is 4.74 Å². The van der Waals surface area contributed by atoms with Crippen LogP contribution in [-0.4, -0.2) is 52.6 Å². The minimum Gasteiger partial charge on any atom is -0.497 e. The predicted molar refractivity (Wildman–Crippen MR) is 130 cm³/mol. The number of anilines is 1. The first-order valence-corrected chi connectivity index (χ1v) is 12.8. The maximum absolute atomic E-state index is 13.1. The van der Waals surface area contributed by atoms with Crippen molar-refractivity contribution in [1.82, 2.24) is 9.62 Å². The van der Waals surface area contributed by atoms with Gasteiger partial charge in [-0.05, 0) is 53.9 Å². The zero-order chi connectivity index (χ0) is 22.8. The second kappa shape index (κ2) is 9.17. The topological polar surface area (TPSA) is 61.9 Å². The van der Waals surface area contributed by atoms with E-state index in [0.29, 0.717) is 11.3 Å². The van der Waals surface area contributed by atoms with Crippen LogP contribution in [0.2, 0.25) is 0 Å². The Hall–Kier alpha value is -2.87. The lowest BCUT2D eigenvalue weighted by Gasteiger charge is -2.41. The van der Waals surface area contributed by atoms with Gasteiger partial charge in [-0.2, -0.15) is 0 Å². The maximum atomic E-state index is 13.1. The molecule has 5 rings (SSSR count). The molecule has 0 saturated carbocycles. The van der Waals surface area contributed by atoms with Gasteiger partial charge in [0.05, 0.1) is 18.0 Å². The third kappa shape index (κ3) is 4.49. The molecule has 2 unspecified atom stereocenters. The number of methoxy groups -OCH3 is 1. The van der Waals surface area contributed by atoms with E-state index in [2.05, 4.69) is 38.8 Å². The summed E-state index contributed by atoms with van der Waals surface area (Å²) in [6.45, 7) is 3.52. The quantitative estimate of drug-likeness (QED) is 0.607. The van der Waals surface area contributed by atoms with Gasteiger partial charge in [-0.15, -0.1) is 0 Å². The minimum atomic E-state index is -3.59. The van der Waals surface area contributed by atoms with Gasteiger partial charge in [-0.25, -0.2) is 13.1 Å². The van der Waals surface area contributed by atoms with E-state index in [1.807, 2.05) is 30.3 Å². The van der Waals surface area contributed by atoms with Crippen LogP contribution in [-0.2, 0) is 16.4 Å². The number of nitrogens with zero attached hydrogens (tertiary/aromatic N) is 2. The molecule has 1 heterocycles. The van der Waals surface area contributed by atoms with E-state index >= 15 is 0 Å². The summed E-state index contributed by atoms with van der Waals surface area (Å²) in [6, 6.07) is 25.0. The Balaban J connectivity index is 1.34. The Kier molecular flexibility index (Phi) is 6.10. The van der Waals surface area contributed by atoms with Gasteiger partial charge in [0, 0.05) is 37.9 Å². The molecule has 172 valence electrons. The highest BCUT2D eigenvalue weighted by atomic mass is 32.2. The predicted octanol–water partition coefficient (Wildman–Crippen LogP) is 3.46. The molecule has 3 aromatic rings. The second-order valence-electron chi connectivity index (χ2n) is 8.61. The molecule has 1 fully saturated rings. The highest BCUT2D eigenvalue weighted by molar-refractivity contribution is 7.89. The Morgan fingerprint density at radius 2 is 1.52 bits per heavy atom. The van der Waals surface area contributed by atoms with Gasteiger partial charge in [-0.1, -0.05) is 42.5 Å². The summed E-state index contributed by atoms with van der Waals surface area (Å²) in [5.74, 6) is 0.855. The van der Waals surface area contributed by atoms with Crippen LogP contribution >= 0.6 is 0 Å². The zero-order valence-electron chi connectivity index (χ0n) is 18.7. The third-order valence-corrected chi connectivity index (χ3v) is 8.21. The summed E-state index contributed by atoms with van der Waals surface area (Å²) in [7, 11) is -1.92. The van der Waals surface area contributed by atoms with Crippen molar-refractivity contribution >= 4 is 15.7 Å². The van der Waals surface area contributed by atoms with Crippen LogP contribution < -0.4 is 14.4 Å². The van der Waals surface area contributed by atoms with Gasteiger partial charge < -0.3 is 9.64 Å². The van der Waals surface area contributed by atoms with E-state index in [9.17, 15) is 8.42 Å². The van der Waals surface area contributed by atoms with Gasteiger partial charge in [0.1, 0.15) is 5.75 Å². The van der Waals surface area contributed by atoms with E-state index in [1.165, 1.54) is 16.8 Å². The number of piperazine rings is 1. The fraction of sp³-hybridized carbons (Fsp3) is 0.308. The first kappa shape index (κ1) is 21.9. The maximum Gasteiger partial charge on any atom is 0.240 e. The Morgan fingerprint density at radius 1 is 0.848 bits per heavy atom. The van der Waals surface area contributed by atoms with Gasteiger partial charge in [0.25, 0.3) is 0 Å². The average Bonchev–Trinajstić information content (AvgIpc) is 3.22. The zero-order valence-corrected chi connectivity index (χ0v) is 19.5. The average molecular weight is 464 g/mol. The second-order valence-corrected chi connectivity index (χ2v) is 10.3. The molecule has 0 amide bonds. The van der Waals surface area contributed by atoms with Crippen LogP contribution in [0.15, 0.2) is 83.8 Å². The van der Waals surface area contributed by atoms with Crippen molar-refractivity contribution in [3.63, 3.8) is 0 Å². The number of rotatable bonds is 6. The van der Waals surface area contributed by atoms with Crippen LogP contribution in [0.3, 0.4) is 0 Å². The summed E-state index contributed by atoms with van der Waals surface area (Å²) in [5.41, 5.74) is 3.64. The molecular weight excluding hydrogens is 434 g/mol. The molecule has 0 spiro atoms. The number of sulfonamides is 1. The van der Waals surface area contributed by atoms with Gasteiger partial charge >= 0.3 is 0 Å². The van der Waals surface area contributed by atoms with Crippen molar-refractivity contribution in [2.45, 2.75) is 23.4 Å². The monoisotopic (exact) mass is 463 g/mol. The summed E-state index contributed by atoms with van der Waals surface area (Å²) < 4.78 is 34.5. The number of hydrogen-bond donors (Lipinski definition) is 1. The molecule has 1 aliphatic heterocycles. The van der Waals surface area contributed by atoms with Crippen molar-refractivity contribution in [3.05, 3.63) is 90.0 Å². The molecule has 7 heteroatoms. The molecular formula is C26H29N3O3S. The minimum absolute atomic E-state index is 0.0257. The van der Waals surface area contributed by atoms with Crippen molar-refractivity contribution in [1.29, 1.82) is 0 Å². The molecule has 33 heavy (non-hydrogen) atoms. The molecule has 1 N–H and O–H groups in total. The summed E-state index contributed by atoms with van der Waals surface area (Å²) in [5, 5.41) is 0. The number of ether oxygens (including phenoxy) is 1. The molecule has 2 aliphatic rings. The van der Waals surface area contributed by atoms with E-state index in [-0.39, 0.29) is 12.1 Å². The number of nitrogens with one attached hydrogen (secondary N) is 1. The van der Waals surface area contributed by atoms with Crippen LogP contribution in [0.25, 0.3) is 0 Å². The number of benzene rings is 3. The Labute approximate surface area is 195 Å². The Morgan fingerprint density at radius 3 is 2.21 bits per heavy atom. The summed E-state index contributed by atoms with van der Waals surface area (Å²) >= 11 is 0.